The van der Waals surface area contributed by atoms with Gasteiger partial charge in [0, 0.05) is 31.4 Å². The molecule has 2 aliphatic carbocycles. The quantitative estimate of drug-likeness (QED) is 0.550. The number of nitrogens with two attached hydrogens (primary N) is 1. The topological polar surface area (TPSA) is 90.7 Å². The third kappa shape index (κ3) is 4.56. The van der Waals surface area contributed by atoms with Crippen molar-refractivity contribution in [1.29, 1.82) is 0 Å². The van der Waals surface area contributed by atoms with Gasteiger partial charge in [-0.05, 0) is 62.3 Å². The number of allylic oxidation sites excluding steroid dienone is 1. The zero-order valence-corrected chi connectivity index (χ0v) is 20.1. The average molecular weight is 487 g/mol. The number of aryl methyl sites for hydroxylation is 1. The van der Waals surface area contributed by atoms with E-state index in [9.17, 15) is 9.18 Å². The van der Waals surface area contributed by atoms with Crippen LogP contribution in [-0.2, 0) is 17.9 Å². The number of fused-ring (bicyclic) bond motifs is 2. The van der Waals surface area contributed by atoms with E-state index in [1.165, 1.54) is 29.0 Å². The number of alkyl halides is 1. The van der Waals surface area contributed by atoms with Gasteiger partial charge in [0.2, 0.25) is 0 Å². The molecule has 2 saturated carbocycles. The predicted molar refractivity (Wildman–Crippen MR) is 129 cm³/mol. The predicted octanol–water partition coefficient (Wildman–Crippen LogP) is 2.50. The highest BCUT2D eigenvalue weighted by atomic mass is 19.1. The number of nitrogens with zero attached hydrogens (tertiary/aromatic N) is 5. The lowest BCUT2D eigenvalue weighted by Gasteiger charge is -2.50. The fourth-order valence-corrected chi connectivity index (χ4v) is 5.96. The van der Waals surface area contributed by atoms with Crippen molar-refractivity contribution in [3.05, 3.63) is 58.0 Å². The fraction of sp³-hybridized carbons (Fsp3) is 0.560. The minimum absolute atomic E-state index is 0.0931. The Bertz CT molecular complexity index is 1190. The second-order valence-electron chi connectivity index (χ2n) is 9.99. The van der Waals surface area contributed by atoms with E-state index in [0.29, 0.717) is 18.3 Å². The molecule has 4 fully saturated rings. The molecule has 1 aromatic heterocycles. The van der Waals surface area contributed by atoms with Crippen molar-refractivity contribution in [3.8, 4) is 0 Å². The summed E-state index contributed by atoms with van der Waals surface area (Å²) in [5, 5.41) is 4.22. The van der Waals surface area contributed by atoms with E-state index in [0.717, 1.165) is 35.9 Å². The summed E-state index contributed by atoms with van der Waals surface area (Å²) in [6.07, 6.45) is 5.87. The van der Waals surface area contributed by atoms with E-state index in [1.807, 2.05) is 0 Å². The lowest BCUT2D eigenvalue weighted by Crippen LogP contribution is -2.60. The van der Waals surface area contributed by atoms with Crippen molar-refractivity contribution in [3.63, 3.8) is 0 Å². The van der Waals surface area contributed by atoms with Gasteiger partial charge in [-0.15, -0.1) is 0 Å². The zero-order valence-electron chi connectivity index (χ0n) is 20.1. The number of benzene rings is 1. The van der Waals surface area contributed by atoms with Gasteiger partial charge in [-0.25, -0.2) is 22.8 Å². The molecule has 2 aliphatic heterocycles. The first kappa shape index (κ1) is 23.9. The molecule has 0 amide bonds. The summed E-state index contributed by atoms with van der Waals surface area (Å²) in [6.45, 7) is 2.28. The van der Waals surface area contributed by atoms with Crippen LogP contribution < -0.4 is 11.4 Å². The van der Waals surface area contributed by atoms with Crippen LogP contribution in [0.15, 0.2) is 40.1 Å². The Balaban J connectivity index is 1.20. The first-order chi connectivity index (χ1) is 16.8. The molecule has 1 spiro atoms. The van der Waals surface area contributed by atoms with Crippen LogP contribution in [0.2, 0.25) is 0 Å². The molecule has 2 bridgehead atoms. The molecular formula is C25H32F2N6O2. The van der Waals surface area contributed by atoms with Gasteiger partial charge in [0.1, 0.15) is 23.6 Å². The molecule has 0 radical (unpaired) electrons. The standard InChI is InChI=1S/C25H32F2N6O2/c1-16-30-32(24(34)33(16)23(28)7-8-29-2)14-20(27)13-31-21-10-22(9-18-11-25(18,31)12-21)35-15-17-3-5-19(26)6-4-17/h3-8,18,20-22H,9-15,28H2,1-2H3/t18?,20-,21?,22?,25?/m0/s1. The summed E-state index contributed by atoms with van der Waals surface area (Å²) in [7, 11) is 1.60. The maximum atomic E-state index is 15.2. The highest BCUT2D eigenvalue weighted by Gasteiger charge is 2.68. The van der Waals surface area contributed by atoms with Crippen LogP contribution >= 0.6 is 0 Å². The average Bonchev–Trinajstić information content (AvgIpc) is 3.51. The van der Waals surface area contributed by atoms with Crippen molar-refractivity contribution in [1.82, 2.24) is 19.2 Å². The summed E-state index contributed by atoms with van der Waals surface area (Å²) in [5.41, 5.74) is 6.56. The van der Waals surface area contributed by atoms with E-state index in [2.05, 4.69) is 15.0 Å². The smallest absolute Gasteiger partial charge is 0.351 e. The van der Waals surface area contributed by atoms with Gasteiger partial charge in [0.15, 0.2) is 0 Å². The van der Waals surface area contributed by atoms with Crippen LogP contribution in [0.4, 0.5) is 8.78 Å². The van der Waals surface area contributed by atoms with Crippen molar-refractivity contribution in [2.45, 2.75) is 69.6 Å². The van der Waals surface area contributed by atoms with E-state index >= 15 is 4.39 Å². The van der Waals surface area contributed by atoms with E-state index in [-0.39, 0.29) is 42.4 Å². The third-order valence-corrected chi connectivity index (χ3v) is 7.70. The second-order valence-corrected chi connectivity index (χ2v) is 9.99. The van der Waals surface area contributed by atoms with Crippen LogP contribution in [0.5, 0.6) is 0 Å². The maximum absolute atomic E-state index is 15.2. The summed E-state index contributed by atoms with van der Waals surface area (Å²) in [6, 6.07) is 6.66. The van der Waals surface area contributed by atoms with Crippen molar-refractivity contribution in [2.75, 3.05) is 13.6 Å². The molecule has 35 heavy (non-hydrogen) atoms. The normalized spacial score (nSPS) is 29.0. The molecule has 4 aliphatic rings. The molecular weight excluding hydrogens is 454 g/mol. The molecule has 2 N–H and O–H groups in total. The molecule has 188 valence electrons. The Morgan fingerprint density at radius 1 is 1.31 bits per heavy atom. The SMILES string of the molecule is CN=CC=C(N)n1c(C)nn(C[C@@H](F)CN2C3CC(OCc4ccc(F)cc4)CC4CC42C3)c1=O. The van der Waals surface area contributed by atoms with Crippen molar-refractivity contribution >= 4 is 12.0 Å². The highest BCUT2D eigenvalue weighted by Crippen LogP contribution is 2.64. The second kappa shape index (κ2) is 9.31. The summed E-state index contributed by atoms with van der Waals surface area (Å²) in [4.78, 5) is 18.9. The van der Waals surface area contributed by atoms with Crippen LogP contribution in [0.3, 0.4) is 0 Å². The number of hydrogen-bond donors (Lipinski definition) is 1. The molecule has 5 atom stereocenters. The Morgan fingerprint density at radius 2 is 2.09 bits per heavy atom. The molecule has 8 nitrogen and oxygen atoms in total. The Morgan fingerprint density at radius 3 is 2.83 bits per heavy atom. The van der Waals surface area contributed by atoms with E-state index in [1.54, 1.807) is 26.1 Å². The maximum Gasteiger partial charge on any atom is 0.351 e. The van der Waals surface area contributed by atoms with Gasteiger partial charge in [0.25, 0.3) is 0 Å². The van der Waals surface area contributed by atoms with E-state index in [4.69, 9.17) is 10.5 Å². The Hall–Kier alpha value is -2.85. The Labute approximate surface area is 203 Å². The molecule has 1 aromatic carbocycles. The third-order valence-electron chi connectivity index (χ3n) is 7.70. The molecule has 4 unspecified atom stereocenters. The number of rotatable bonds is 9. The number of hydrogen-bond acceptors (Lipinski definition) is 6. The largest absolute Gasteiger partial charge is 0.385 e. The minimum Gasteiger partial charge on any atom is -0.385 e. The molecule has 2 saturated heterocycles. The Kier molecular flexibility index (Phi) is 6.35. The van der Waals surface area contributed by atoms with Gasteiger partial charge in [0.05, 0.1) is 19.3 Å². The monoisotopic (exact) mass is 486 g/mol. The number of ether oxygens (including phenoxy) is 1. The van der Waals surface area contributed by atoms with Gasteiger partial charge >= 0.3 is 5.69 Å². The van der Waals surface area contributed by atoms with Crippen LogP contribution in [-0.4, -0.2) is 62.9 Å². The number of halogens is 2. The van der Waals surface area contributed by atoms with Crippen molar-refractivity contribution < 1.29 is 13.5 Å². The summed E-state index contributed by atoms with van der Waals surface area (Å²) in [5.74, 6) is 0.858. The van der Waals surface area contributed by atoms with Gasteiger partial charge in [-0.1, -0.05) is 12.1 Å². The van der Waals surface area contributed by atoms with Crippen LogP contribution in [0.1, 0.15) is 37.1 Å². The van der Waals surface area contributed by atoms with Gasteiger partial charge in [-0.3, -0.25) is 9.89 Å². The molecule has 10 heteroatoms. The van der Waals surface area contributed by atoms with Crippen LogP contribution in [0, 0.1) is 18.7 Å². The number of aliphatic imine (C=N–C) groups is 1. The van der Waals surface area contributed by atoms with Gasteiger partial charge in [-0.2, -0.15) is 5.10 Å². The lowest BCUT2D eigenvalue weighted by molar-refractivity contribution is -0.0466. The first-order valence-corrected chi connectivity index (χ1v) is 12.1. The summed E-state index contributed by atoms with van der Waals surface area (Å²) >= 11 is 0. The molecule has 6 rings (SSSR count). The summed E-state index contributed by atoms with van der Waals surface area (Å²) < 4.78 is 37.0. The zero-order chi connectivity index (χ0) is 24.7. The van der Waals surface area contributed by atoms with Crippen LogP contribution in [0.25, 0.3) is 5.82 Å². The van der Waals surface area contributed by atoms with E-state index < -0.39 is 11.9 Å². The van der Waals surface area contributed by atoms with Crippen molar-refractivity contribution in [2.24, 2.45) is 16.6 Å². The highest BCUT2D eigenvalue weighted by molar-refractivity contribution is 5.78. The first-order valence-electron chi connectivity index (χ1n) is 12.1. The fourth-order valence-electron chi connectivity index (χ4n) is 5.96. The number of aromatic nitrogens is 3. The molecule has 3 heterocycles. The van der Waals surface area contributed by atoms with Gasteiger partial charge < -0.3 is 10.5 Å². The minimum atomic E-state index is -1.23. The lowest BCUT2D eigenvalue weighted by atomic mass is 9.87. The molecule has 2 aromatic rings.